The Morgan fingerprint density at radius 1 is 1.14 bits per heavy atom. The maximum Gasteiger partial charge on any atom is 0.416 e. The van der Waals surface area contributed by atoms with Crippen molar-refractivity contribution in [2.45, 2.75) is 51.7 Å². The van der Waals surface area contributed by atoms with Crippen molar-refractivity contribution in [3.05, 3.63) is 52.8 Å². The molecule has 6 nitrogen and oxygen atoms in total. The molecule has 1 aliphatic rings. The number of carbonyl (C=O) groups excluding carboxylic acids is 1. The SMILES string of the molecule is COc1cc2nc(C)nc(N[C@H](C)c3cc(NC(C)=O)cc(C(F)(F)F)c3)c2cc1C1CCSCC1. The molecule has 0 unspecified atom stereocenters. The minimum atomic E-state index is -4.55. The number of methoxy groups -OCH3 is 1. The lowest BCUT2D eigenvalue weighted by molar-refractivity contribution is -0.137. The maximum atomic E-state index is 13.6. The van der Waals surface area contributed by atoms with Crippen LogP contribution in [0.2, 0.25) is 0 Å². The van der Waals surface area contributed by atoms with Crippen LogP contribution in [0, 0.1) is 6.92 Å². The lowest BCUT2D eigenvalue weighted by Crippen LogP contribution is -2.14. The van der Waals surface area contributed by atoms with Gasteiger partial charge in [0, 0.05) is 24.1 Å². The third-order valence-corrected chi connectivity index (χ3v) is 7.33. The summed E-state index contributed by atoms with van der Waals surface area (Å²) in [6.45, 7) is 4.79. The number of aryl methyl sites for hydroxylation is 1. The van der Waals surface area contributed by atoms with Gasteiger partial charge in [-0.05, 0) is 79.5 Å². The highest BCUT2D eigenvalue weighted by molar-refractivity contribution is 7.99. The third kappa shape index (κ3) is 5.86. The van der Waals surface area contributed by atoms with Crippen LogP contribution in [0.3, 0.4) is 0 Å². The fraction of sp³-hybridized carbons (Fsp3) is 0.423. The Hall–Kier alpha value is -3.01. The molecule has 1 aliphatic heterocycles. The molecule has 2 heterocycles. The van der Waals surface area contributed by atoms with Crippen LogP contribution in [0.25, 0.3) is 10.9 Å². The minimum Gasteiger partial charge on any atom is -0.496 e. The normalized spacial score (nSPS) is 15.5. The minimum absolute atomic E-state index is 0.0897. The van der Waals surface area contributed by atoms with Crippen LogP contribution in [0.5, 0.6) is 5.75 Å². The molecular weight excluding hydrogens is 489 g/mol. The first kappa shape index (κ1) is 26.1. The van der Waals surface area contributed by atoms with Gasteiger partial charge in [0.25, 0.3) is 0 Å². The van der Waals surface area contributed by atoms with Gasteiger partial charge in [0.05, 0.1) is 24.2 Å². The number of carbonyl (C=O) groups is 1. The van der Waals surface area contributed by atoms with Gasteiger partial charge in [-0.15, -0.1) is 0 Å². The number of rotatable bonds is 6. The highest BCUT2D eigenvalue weighted by atomic mass is 32.2. The van der Waals surface area contributed by atoms with Crippen LogP contribution in [0.15, 0.2) is 30.3 Å². The second-order valence-corrected chi connectivity index (χ2v) is 10.2. The van der Waals surface area contributed by atoms with E-state index >= 15 is 0 Å². The molecule has 1 aromatic heterocycles. The lowest BCUT2D eigenvalue weighted by Gasteiger charge is -2.25. The number of anilines is 2. The number of hydrogen-bond donors (Lipinski definition) is 2. The number of ether oxygens (including phenoxy) is 1. The van der Waals surface area contributed by atoms with Crippen molar-refractivity contribution < 1.29 is 22.7 Å². The predicted molar refractivity (Wildman–Crippen MR) is 138 cm³/mol. The summed E-state index contributed by atoms with van der Waals surface area (Å²) in [5.74, 6) is 3.95. The van der Waals surface area contributed by atoms with Crippen LogP contribution in [0.4, 0.5) is 24.7 Å². The van der Waals surface area contributed by atoms with E-state index < -0.39 is 23.7 Å². The van der Waals surface area contributed by atoms with Crippen LogP contribution < -0.4 is 15.4 Å². The fourth-order valence-corrected chi connectivity index (χ4v) is 5.64. The molecule has 1 saturated heterocycles. The number of alkyl halides is 3. The Morgan fingerprint density at radius 3 is 2.50 bits per heavy atom. The van der Waals surface area contributed by atoms with Crippen LogP contribution in [-0.2, 0) is 11.0 Å². The first-order valence-corrected chi connectivity index (χ1v) is 12.9. The summed E-state index contributed by atoms with van der Waals surface area (Å²) in [6.07, 6.45) is -2.45. The standard InChI is InChI=1S/C26H29F3N4O2S/c1-14(18-9-19(26(27,28)29)11-20(10-18)33-16(3)34)30-25-22-12-21(17-5-7-36-8-6-17)24(35-4)13-23(22)31-15(2)32-25/h9-14,17H,5-8H2,1-4H3,(H,33,34)(H,30,31,32)/t14-/m1/s1. The number of nitrogens with one attached hydrogen (secondary N) is 2. The van der Waals surface area contributed by atoms with Crippen LogP contribution in [0.1, 0.15) is 61.2 Å². The van der Waals surface area contributed by atoms with Gasteiger partial charge in [-0.25, -0.2) is 9.97 Å². The van der Waals surface area contributed by atoms with E-state index in [0.717, 1.165) is 53.2 Å². The molecule has 192 valence electrons. The molecule has 0 saturated carbocycles. The summed E-state index contributed by atoms with van der Waals surface area (Å²) in [6, 6.07) is 7.00. The van der Waals surface area contributed by atoms with E-state index in [1.807, 2.05) is 17.8 Å². The molecule has 3 aromatic rings. The Bertz CT molecular complexity index is 1280. The highest BCUT2D eigenvalue weighted by Crippen LogP contribution is 2.40. The van der Waals surface area contributed by atoms with Gasteiger partial charge in [0.1, 0.15) is 17.4 Å². The van der Waals surface area contributed by atoms with E-state index in [4.69, 9.17) is 4.74 Å². The second kappa shape index (κ2) is 10.5. The largest absolute Gasteiger partial charge is 0.496 e. The topological polar surface area (TPSA) is 76.1 Å². The summed E-state index contributed by atoms with van der Waals surface area (Å²) in [4.78, 5) is 20.7. The zero-order chi connectivity index (χ0) is 26.0. The molecule has 2 aromatic carbocycles. The molecule has 1 amide bonds. The maximum absolute atomic E-state index is 13.6. The molecule has 1 atom stereocenters. The Labute approximate surface area is 212 Å². The Kier molecular flexibility index (Phi) is 7.63. The van der Waals surface area contributed by atoms with Gasteiger partial charge in [-0.1, -0.05) is 0 Å². The molecule has 0 bridgehead atoms. The number of fused-ring (bicyclic) bond motifs is 1. The van der Waals surface area contributed by atoms with Crippen LogP contribution >= 0.6 is 11.8 Å². The molecule has 1 fully saturated rings. The van der Waals surface area contributed by atoms with E-state index in [0.29, 0.717) is 28.6 Å². The molecule has 0 aliphatic carbocycles. The van der Waals surface area contributed by atoms with Gasteiger partial charge >= 0.3 is 6.18 Å². The summed E-state index contributed by atoms with van der Waals surface area (Å²) in [7, 11) is 1.65. The van der Waals surface area contributed by atoms with Crippen molar-refractivity contribution in [2.75, 3.05) is 29.2 Å². The second-order valence-electron chi connectivity index (χ2n) is 9.01. The monoisotopic (exact) mass is 518 g/mol. The number of nitrogens with zero attached hydrogens (tertiary/aromatic N) is 2. The molecule has 2 N–H and O–H groups in total. The summed E-state index contributed by atoms with van der Waals surface area (Å²) in [5.41, 5.74) is 1.43. The zero-order valence-electron chi connectivity index (χ0n) is 20.6. The average molecular weight is 519 g/mol. The number of halogens is 3. The number of aromatic nitrogens is 2. The van der Waals surface area contributed by atoms with Gasteiger partial charge in [-0.2, -0.15) is 24.9 Å². The first-order valence-electron chi connectivity index (χ1n) is 11.8. The zero-order valence-corrected chi connectivity index (χ0v) is 21.4. The molecule has 0 spiro atoms. The van der Waals surface area contributed by atoms with Crippen molar-refractivity contribution in [3.8, 4) is 5.75 Å². The summed E-state index contributed by atoms with van der Waals surface area (Å²) < 4.78 is 46.4. The molecule has 4 rings (SSSR count). The molecule has 36 heavy (non-hydrogen) atoms. The van der Waals surface area contributed by atoms with E-state index in [2.05, 4.69) is 26.7 Å². The van der Waals surface area contributed by atoms with Crippen molar-refractivity contribution in [2.24, 2.45) is 0 Å². The Balaban J connectivity index is 1.75. The van der Waals surface area contributed by atoms with Crippen LogP contribution in [-0.4, -0.2) is 34.5 Å². The Morgan fingerprint density at radius 2 is 1.86 bits per heavy atom. The highest BCUT2D eigenvalue weighted by Gasteiger charge is 2.32. The van der Waals surface area contributed by atoms with Gasteiger partial charge in [-0.3, -0.25) is 4.79 Å². The number of thioether (sulfide) groups is 1. The molecular formula is C26H29F3N4O2S. The van der Waals surface area contributed by atoms with Crippen molar-refractivity contribution in [1.82, 2.24) is 9.97 Å². The molecule has 10 heteroatoms. The quantitative estimate of drug-likeness (QED) is 0.378. The van der Waals surface area contributed by atoms with E-state index in [9.17, 15) is 18.0 Å². The van der Waals surface area contributed by atoms with Gasteiger partial charge in [0.2, 0.25) is 5.91 Å². The number of hydrogen-bond acceptors (Lipinski definition) is 6. The van der Waals surface area contributed by atoms with E-state index in [1.54, 1.807) is 27.0 Å². The first-order chi connectivity index (χ1) is 17.0. The summed E-state index contributed by atoms with van der Waals surface area (Å²) >= 11 is 1.94. The molecule has 0 radical (unpaired) electrons. The number of amides is 1. The van der Waals surface area contributed by atoms with E-state index in [-0.39, 0.29) is 5.69 Å². The summed E-state index contributed by atoms with van der Waals surface area (Å²) in [5, 5.41) is 6.54. The van der Waals surface area contributed by atoms with E-state index in [1.165, 1.54) is 6.92 Å². The van der Waals surface area contributed by atoms with Gasteiger partial charge in [0.15, 0.2) is 0 Å². The van der Waals surface area contributed by atoms with Gasteiger partial charge < -0.3 is 15.4 Å². The average Bonchev–Trinajstić information content (AvgIpc) is 2.82. The van der Waals surface area contributed by atoms with Crippen molar-refractivity contribution in [1.29, 1.82) is 0 Å². The predicted octanol–water partition coefficient (Wildman–Crippen LogP) is 6.71. The van der Waals surface area contributed by atoms with Crippen molar-refractivity contribution >= 4 is 40.1 Å². The smallest absolute Gasteiger partial charge is 0.416 e. The van der Waals surface area contributed by atoms with Crippen molar-refractivity contribution in [3.63, 3.8) is 0 Å². The fourth-order valence-electron chi connectivity index (χ4n) is 4.53. The number of benzene rings is 2. The third-order valence-electron chi connectivity index (χ3n) is 6.28. The lowest BCUT2D eigenvalue weighted by atomic mass is 9.91.